The number of benzene rings is 1. The van der Waals surface area contributed by atoms with Crippen LogP contribution in [0.2, 0.25) is 0 Å². The van der Waals surface area contributed by atoms with Gasteiger partial charge in [0, 0.05) is 31.1 Å². The van der Waals surface area contributed by atoms with Gasteiger partial charge in [-0.05, 0) is 50.5 Å². The van der Waals surface area contributed by atoms with Gasteiger partial charge < -0.3 is 16.4 Å². The van der Waals surface area contributed by atoms with Crippen molar-refractivity contribution in [3.63, 3.8) is 0 Å². The molecule has 0 bridgehead atoms. The maximum absolute atomic E-state index is 10.8. The Labute approximate surface area is 151 Å². The van der Waals surface area contributed by atoms with Crippen molar-refractivity contribution in [1.82, 2.24) is 10.6 Å². The molecule has 0 aliphatic heterocycles. The first-order chi connectivity index (χ1) is 12.1. The van der Waals surface area contributed by atoms with Gasteiger partial charge in [-0.3, -0.25) is 4.79 Å². The molecule has 2 fully saturated rings. The maximum atomic E-state index is 10.8. The van der Waals surface area contributed by atoms with Gasteiger partial charge in [-0.1, -0.05) is 42.0 Å². The van der Waals surface area contributed by atoms with E-state index in [1.165, 1.54) is 43.2 Å². The van der Waals surface area contributed by atoms with Crippen molar-refractivity contribution < 1.29 is 4.79 Å². The second-order valence-electron chi connectivity index (χ2n) is 7.63. The Kier molecular flexibility index (Phi) is 6.27. The van der Waals surface area contributed by atoms with Crippen LogP contribution < -0.4 is 16.4 Å². The summed E-state index contributed by atoms with van der Waals surface area (Å²) < 4.78 is 0. The first kappa shape index (κ1) is 18.2. The minimum absolute atomic E-state index is 0.221. The van der Waals surface area contributed by atoms with E-state index in [-0.39, 0.29) is 5.91 Å². The highest BCUT2D eigenvalue weighted by atomic mass is 16.1. The summed E-state index contributed by atoms with van der Waals surface area (Å²) in [7, 11) is 0. The van der Waals surface area contributed by atoms with Crippen LogP contribution in [0.25, 0.3) is 6.08 Å². The third-order valence-electron chi connectivity index (χ3n) is 5.55. The van der Waals surface area contributed by atoms with Crippen LogP contribution in [0.5, 0.6) is 0 Å². The summed E-state index contributed by atoms with van der Waals surface area (Å²) in [5, 5.41) is 7.32. The van der Waals surface area contributed by atoms with E-state index >= 15 is 0 Å². The van der Waals surface area contributed by atoms with E-state index in [0.717, 1.165) is 0 Å². The van der Waals surface area contributed by atoms with E-state index in [2.05, 4.69) is 54.0 Å². The average Bonchev–Trinajstić information content (AvgIpc) is 3.36. The van der Waals surface area contributed by atoms with Gasteiger partial charge in [0.1, 0.15) is 0 Å². The Balaban J connectivity index is 1.36. The molecule has 2 aliphatic carbocycles. The van der Waals surface area contributed by atoms with E-state index in [4.69, 9.17) is 5.73 Å². The number of rotatable bonds is 8. The summed E-state index contributed by atoms with van der Waals surface area (Å²) in [6.07, 6.45) is 8.85. The molecule has 2 saturated carbocycles. The van der Waals surface area contributed by atoms with E-state index in [0.29, 0.717) is 37.0 Å². The molecule has 1 aromatic rings. The third-order valence-corrected chi connectivity index (χ3v) is 5.55. The highest BCUT2D eigenvalue weighted by Crippen LogP contribution is 2.39. The van der Waals surface area contributed by atoms with Gasteiger partial charge >= 0.3 is 0 Å². The van der Waals surface area contributed by atoms with Gasteiger partial charge in [0.25, 0.3) is 0 Å². The lowest BCUT2D eigenvalue weighted by atomic mass is 9.91. The Morgan fingerprint density at radius 1 is 1.16 bits per heavy atom. The van der Waals surface area contributed by atoms with Gasteiger partial charge in [0.05, 0.1) is 0 Å². The van der Waals surface area contributed by atoms with Crippen molar-refractivity contribution in [1.29, 1.82) is 0 Å². The van der Waals surface area contributed by atoms with Crippen LogP contribution in [-0.2, 0) is 4.79 Å². The fraction of sp³-hybridized carbons (Fsp3) is 0.571. The van der Waals surface area contributed by atoms with Gasteiger partial charge in [-0.15, -0.1) is 0 Å². The SMILES string of the molecule is C/C(=C\c1ccccc1)[C@@H]1C[C@H]1NC1CCC(NCCC(N)=O)CC1. The van der Waals surface area contributed by atoms with Crippen LogP contribution >= 0.6 is 0 Å². The van der Waals surface area contributed by atoms with Crippen LogP contribution in [0.4, 0.5) is 0 Å². The van der Waals surface area contributed by atoms with E-state index in [1.54, 1.807) is 0 Å². The Hall–Kier alpha value is -1.65. The molecular weight excluding hydrogens is 310 g/mol. The molecule has 4 nitrogen and oxygen atoms in total. The number of nitrogens with one attached hydrogen (secondary N) is 2. The minimum atomic E-state index is -0.221. The minimum Gasteiger partial charge on any atom is -0.370 e. The summed E-state index contributed by atoms with van der Waals surface area (Å²) in [5.41, 5.74) is 7.97. The first-order valence-electron chi connectivity index (χ1n) is 9.63. The predicted molar refractivity (Wildman–Crippen MR) is 103 cm³/mol. The predicted octanol–water partition coefficient (Wildman–Crippen LogP) is 2.84. The maximum Gasteiger partial charge on any atom is 0.218 e. The highest BCUT2D eigenvalue weighted by Gasteiger charge is 2.39. The third kappa shape index (κ3) is 5.68. The lowest BCUT2D eigenvalue weighted by Crippen LogP contribution is -2.41. The van der Waals surface area contributed by atoms with Crippen molar-refractivity contribution in [2.24, 2.45) is 11.7 Å². The van der Waals surface area contributed by atoms with Crippen LogP contribution in [0.1, 0.15) is 51.0 Å². The van der Waals surface area contributed by atoms with Gasteiger partial charge in [0.15, 0.2) is 0 Å². The fourth-order valence-electron chi connectivity index (χ4n) is 3.97. The molecule has 25 heavy (non-hydrogen) atoms. The number of carbonyl (C=O) groups is 1. The Morgan fingerprint density at radius 2 is 1.84 bits per heavy atom. The smallest absolute Gasteiger partial charge is 0.218 e. The number of amides is 1. The number of carbonyl (C=O) groups excluding carboxylic acids is 1. The summed E-state index contributed by atoms with van der Waals surface area (Å²) in [4.78, 5) is 10.8. The molecule has 0 spiro atoms. The number of hydrogen-bond donors (Lipinski definition) is 3. The van der Waals surface area contributed by atoms with Crippen molar-refractivity contribution in [2.45, 2.75) is 63.6 Å². The number of nitrogens with two attached hydrogens (primary N) is 1. The number of primary amides is 1. The van der Waals surface area contributed by atoms with Gasteiger partial charge in [0.2, 0.25) is 5.91 Å². The normalized spacial score (nSPS) is 29.4. The van der Waals surface area contributed by atoms with E-state index in [9.17, 15) is 4.79 Å². The van der Waals surface area contributed by atoms with Crippen molar-refractivity contribution in [2.75, 3.05) is 6.54 Å². The molecule has 2 aliphatic rings. The van der Waals surface area contributed by atoms with Crippen LogP contribution in [0.3, 0.4) is 0 Å². The van der Waals surface area contributed by atoms with Gasteiger partial charge in [-0.25, -0.2) is 0 Å². The zero-order valence-corrected chi connectivity index (χ0v) is 15.2. The molecule has 0 unspecified atom stereocenters. The standard InChI is InChI=1S/C21H31N3O/c1-15(13-16-5-3-2-4-6-16)19-14-20(19)24-18-9-7-17(8-10-18)23-12-11-21(22)25/h2-6,13,17-20,23-24H,7-12,14H2,1H3,(H2,22,25)/b15-13+/t17?,18?,19-,20+/m0/s1. The molecule has 0 saturated heterocycles. The van der Waals surface area contributed by atoms with Crippen molar-refractivity contribution >= 4 is 12.0 Å². The molecule has 4 heteroatoms. The van der Waals surface area contributed by atoms with Crippen LogP contribution in [0.15, 0.2) is 35.9 Å². The molecule has 0 radical (unpaired) electrons. The Morgan fingerprint density at radius 3 is 2.52 bits per heavy atom. The summed E-state index contributed by atoms with van der Waals surface area (Å²) in [6, 6.07) is 12.4. The average molecular weight is 341 g/mol. The molecule has 0 heterocycles. The molecular formula is C21H31N3O. The molecule has 3 rings (SSSR count). The first-order valence-corrected chi connectivity index (χ1v) is 9.63. The van der Waals surface area contributed by atoms with Crippen LogP contribution in [0, 0.1) is 5.92 Å². The summed E-state index contributed by atoms with van der Waals surface area (Å²) in [6.45, 7) is 2.98. The zero-order chi connectivity index (χ0) is 17.6. The Bertz CT molecular complexity index is 590. The topological polar surface area (TPSA) is 67.2 Å². The molecule has 0 aromatic heterocycles. The molecule has 2 atom stereocenters. The fourth-order valence-corrected chi connectivity index (χ4v) is 3.97. The van der Waals surface area contributed by atoms with Crippen LogP contribution in [-0.4, -0.2) is 30.6 Å². The van der Waals surface area contributed by atoms with E-state index in [1.807, 2.05) is 0 Å². The highest BCUT2D eigenvalue weighted by molar-refractivity contribution is 5.73. The lowest BCUT2D eigenvalue weighted by molar-refractivity contribution is -0.117. The quantitative estimate of drug-likeness (QED) is 0.681. The lowest BCUT2D eigenvalue weighted by Gasteiger charge is -2.30. The molecule has 136 valence electrons. The zero-order valence-electron chi connectivity index (χ0n) is 15.2. The second kappa shape index (κ2) is 8.63. The molecule has 1 amide bonds. The monoisotopic (exact) mass is 341 g/mol. The van der Waals surface area contributed by atoms with Gasteiger partial charge in [-0.2, -0.15) is 0 Å². The van der Waals surface area contributed by atoms with Crippen molar-refractivity contribution in [3.8, 4) is 0 Å². The van der Waals surface area contributed by atoms with Crippen molar-refractivity contribution in [3.05, 3.63) is 41.5 Å². The summed E-state index contributed by atoms with van der Waals surface area (Å²) >= 11 is 0. The van der Waals surface area contributed by atoms with E-state index < -0.39 is 0 Å². The molecule has 4 N–H and O–H groups in total. The summed E-state index contributed by atoms with van der Waals surface area (Å²) in [5.74, 6) is 0.480. The second-order valence-corrected chi connectivity index (χ2v) is 7.63. The number of hydrogen-bond acceptors (Lipinski definition) is 3. The largest absolute Gasteiger partial charge is 0.370 e. The molecule has 1 aromatic carbocycles.